The lowest BCUT2D eigenvalue weighted by Gasteiger charge is -2.17. The van der Waals surface area contributed by atoms with Crippen LogP contribution in [0.3, 0.4) is 0 Å². The molecule has 1 aromatic heterocycles. The number of aromatic nitrogens is 1. The summed E-state index contributed by atoms with van der Waals surface area (Å²) in [6.07, 6.45) is 0.212. The largest absolute Gasteiger partial charge is 0.480 e. The maximum atomic E-state index is 11.8. The number of hydrogen-bond donors (Lipinski definition) is 3. The van der Waals surface area contributed by atoms with E-state index >= 15 is 0 Å². The van der Waals surface area contributed by atoms with Crippen LogP contribution in [0, 0.1) is 6.92 Å². The van der Waals surface area contributed by atoms with Gasteiger partial charge in [0.15, 0.2) is 0 Å². The summed E-state index contributed by atoms with van der Waals surface area (Å²) in [4.78, 5) is 27.0. The van der Waals surface area contributed by atoms with Crippen molar-refractivity contribution in [2.24, 2.45) is 0 Å². The highest BCUT2D eigenvalue weighted by Crippen LogP contribution is 2.17. The summed E-state index contributed by atoms with van der Waals surface area (Å²) in [5.41, 5.74) is 0.891. The smallest absolute Gasteiger partial charge is 0.326 e. The molecular weight excluding hydrogens is 282 g/mol. The van der Waals surface area contributed by atoms with Gasteiger partial charge in [-0.3, -0.25) is 0 Å². The Kier molecular flexibility index (Phi) is 6.40. The standard InChI is InChI=1S/C12H19N3O4S/c1-7-6-20-10(13-7)8(2)14-12(18)15-9(11(16)17)4-5-19-3/h6,8-9H,4-5H2,1-3H3,(H,16,17)(H2,14,15,18). The minimum absolute atomic E-state index is 0.212. The fourth-order valence-corrected chi connectivity index (χ4v) is 2.33. The normalized spacial score (nSPS) is 13.6. The first-order valence-corrected chi connectivity index (χ1v) is 7.02. The molecule has 1 rings (SSSR count). The first kappa shape index (κ1) is 16.4. The molecule has 0 aliphatic rings. The molecule has 112 valence electrons. The number of urea groups is 1. The molecule has 0 spiro atoms. The van der Waals surface area contributed by atoms with E-state index < -0.39 is 18.0 Å². The number of carbonyl (C=O) groups excluding carboxylic acids is 1. The maximum Gasteiger partial charge on any atom is 0.326 e. The number of rotatable bonds is 7. The van der Waals surface area contributed by atoms with Crippen LogP contribution in [-0.4, -0.2) is 41.8 Å². The van der Waals surface area contributed by atoms with Crippen LogP contribution in [0.4, 0.5) is 4.79 Å². The minimum atomic E-state index is -1.09. The van der Waals surface area contributed by atoms with Crippen molar-refractivity contribution in [3.63, 3.8) is 0 Å². The van der Waals surface area contributed by atoms with Crippen molar-refractivity contribution < 1.29 is 19.4 Å². The lowest BCUT2D eigenvalue weighted by atomic mass is 10.2. The Bertz CT molecular complexity index is 463. The molecule has 1 heterocycles. The topological polar surface area (TPSA) is 101 Å². The third kappa shape index (κ3) is 5.14. The Morgan fingerprint density at radius 1 is 1.50 bits per heavy atom. The molecule has 0 bridgehead atoms. The van der Waals surface area contributed by atoms with Crippen LogP contribution >= 0.6 is 11.3 Å². The predicted molar refractivity (Wildman–Crippen MR) is 74.9 cm³/mol. The van der Waals surface area contributed by atoms with Gasteiger partial charge >= 0.3 is 12.0 Å². The molecule has 7 nitrogen and oxygen atoms in total. The number of nitrogens with zero attached hydrogens (tertiary/aromatic N) is 1. The van der Waals surface area contributed by atoms with Crippen LogP contribution in [-0.2, 0) is 9.53 Å². The molecule has 0 aromatic carbocycles. The van der Waals surface area contributed by atoms with Gasteiger partial charge < -0.3 is 20.5 Å². The first-order chi connectivity index (χ1) is 9.43. The maximum absolute atomic E-state index is 11.8. The molecule has 0 saturated carbocycles. The van der Waals surface area contributed by atoms with Gasteiger partial charge in [0, 0.05) is 31.2 Å². The number of nitrogens with one attached hydrogen (secondary N) is 2. The molecule has 0 fully saturated rings. The number of carbonyl (C=O) groups is 2. The van der Waals surface area contributed by atoms with E-state index in [1.165, 1.54) is 18.4 Å². The van der Waals surface area contributed by atoms with Crippen LogP contribution in [0.15, 0.2) is 5.38 Å². The third-order valence-electron chi connectivity index (χ3n) is 2.57. The Balaban J connectivity index is 2.50. The van der Waals surface area contributed by atoms with Crippen LogP contribution < -0.4 is 10.6 Å². The summed E-state index contributed by atoms with van der Waals surface area (Å²) >= 11 is 1.45. The van der Waals surface area contributed by atoms with Crippen molar-refractivity contribution >= 4 is 23.3 Å². The lowest BCUT2D eigenvalue weighted by molar-refractivity contribution is -0.139. The monoisotopic (exact) mass is 301 g/mol. The van der Waals surface area contributed by atoms with Gasteiger partial charge in [0.2, 0.25) is 0 Å². The fourth-order valence-electron chi connectivity index (χ4n) is 1.52. The van der Waals surface area contributed by atoms with E-state index in [0.29, 0.717) is 0 Å². The van der Waals surface area contributed by atoms with Crippen molar-refractivity contribution in [3.8, 4) is 0 Å². The molecule has 0 aliphatic carbocycles. The Labute approximate surface area is 121 Å². The van der Waals surface area contributed by atoms with E-state index in [1.807, 2.05) is 12.3 Å². The number of carboxylic acids is 1. The van der Waals surface area contributed by atoms with Gasteiger partial charge in [0.05, 0.1) is 6.04 Å². The summed E-state index contributed by atoms with van der Waals surface area (Å²) in [5.74, 6) is -1.09. The second-order valence-corrected chi connectivity index (χ2v) is 5.23. The van der Waals surface area contributed by atoms with Gasteiger partial charge in [0.1, 0.15) is 11.0 Å². The summed E-state index contributed by atoms with van der Waals surface area (Å²) < 4.78 is 4.81. The highest BCUT2D eigenvalue weighted by Gasteiger charge is 2.21. The first-order valence-electron chi connectivity index (χ1n) is 6.14. The van der Waals surface area contributed by atoms with Gasteiger partial charge in [-0.25, -0.2) is 14.6 Å². The molecule has 20 heavy (non-hydrogen) atoms. The molecular formula is C12H19N3O4S. The van der Waals surface area contributed by atoms with Crippen molar-refractivity contribution in [3.05, 3.63) is 16.1 Å². The van der Waals surface area contributed by atoms with Gasteiger partial charge in [0.25, 0.3) is 0 Å². The average molecular weight is 301 g/mol. The van der Waals surface area contributed by atoms with Crippen LogP contribution in [0.25, 0.3) is 0 Å². The van der Waals surface area contributed by atoms with E-state index in [1.54, 1.807) is 6.92 Å². The predicted octanol–water partition coefficient (Wildman–Crippen LogP) is 1.30. The highest BCUT2D eigenvalue weighted by atomic mass is 32.1. The molecule has 0 radical (unpaired) electrons. The number of ether oxygens (including phenoxy) is 1. The van der Waals surface area contributed by atoms with Crippen molar-refractivity contribution in [1.29, 1.82) is 0 Å². The fraction of sp³-hybridized carbons (Fsp3) is 0.583. The van der Waals surface area contributed by atoms with Gasteiger partial charge in [-0.1, -0.05) is 0 Å². The number of aryl methyl sites for hydroxylation is 1. The Morgan fingerprint density at radius 3 is 2.70 bits per heavy atom. The molecule has 2 amide bonds. The van der Waals surface area contributed by atoms with E-state index in [-0.39, 0.29) is 19.1 Å². The molecule has 2 unspecified atom stereocenters. The quantitative estimate of drug-likeness (QED) is 0.705. The van der Waals surface area contributed by atoms with E-state index in [2.05, 4.69) is 15.6 Å². The average Bonchev–Trinajstić information content (AvgIpc) is 2.80. The van der Waals surface area contributed by atoms with Crippen LogP contribution in [0.5, 0.6) is 0 Å². The number of amides is 2. The van der Waals surface area contributed by atoms with Crippen molar-refractivity contribution in [2.45, 2.75) is 32.4 Å². The Morgan fingerprint density at radius 2 is 2.20 bits per heavy atom. The summed E-state index contributed by atoms with van der Waals surface area (Å²) in [6.45, 7) is 3.93. The van der Waals surface area contributed by atoms with Crippen LogP contribution in [0.2, 0.25) is 0 Å². The van der Waals surface area contributed by atoms with E-state index in [0.717, 1.165) is 10.7 Å². The summed E-state index contributed by atoms with van der Waals surface area (Å²) in [5, 5.41) is 16.7. The zero-order valence-electron chi connectivity index (χ0n) is 11.7. The molecule has 0 saturated heterocycles. The second-order valence-electron chi connectivity index (χ2n) is 4.34. The van der Waals surface area contributed by atoms with Gasteiger partial charge in [-0.05, 0) is 13.8 Å². The van der Waals surface area contributed by atoms with Crippen molar-refractivity contribution in [1.82, 2.24) is 15.6 Å². The molecule has 0 aliphatic heterocycles. The van der Waals surface area contributed by atoms with Crippen LogP contribution in [0.1, 0.15) is 30.1 Å². The zero-order valence-corrected chi connectivity index (χ0v) is 12.5. The number of hydrogen-bond acceptors (Lipinski definition) is 5. The number of carboxylic acid groups (broad SMARTS) is 1. The van der Waals surface area contributed by atoms with Crippen molar-refractivity contribution in [2.75, 3.05) is 13.7 Å². The number of aliphatic carboxylic acids is 1. The molecule has 2 atom stereocenters. The molecule has 8 heteroatoms. The summed E-state index contributed by atoms with van der Waals surface area (Å²) in [6, 6.07) is -1.78. The second kappa shape index (κ2) is 7.81. The SMILES string of the molecule is COCCC(NC(=O)NC(C)c1nc(C)cs1)C(=O)O. The lowest BCUT2D eigenvalue weighted by Crippen LogP contribution is -2.47. The molecule has 3 N–H and O–H groups in total. The molecule has 1 aromatic rings. The van der Waals surface area contributed by atoms with Gasteiger partial charge in [-0.15, -0.1) is 11.3 Å². The third-order valence-corrected chi connectivity index (χ3v) is 3.71. The highest BCUT2D eigenvalue weighted by molar-refractivity contribution is 7.09. The van der Waals surface area contributed by atoms with E-state index in [9.17, 15) is 9.59 Å². The Hall–Kier alpha value is -1.67. The minimum Gasteiger partial charge on any atom is -0.480 e. The number of thiazole rings is 1. The van der Waals surface area contributed by atoms with E-state index in [4.69, 9.17) is 9.84 Å². The van der Waals surface area contributed by atoms with Gasteiger partial charge in [-0.2, -0.15) is 0 Å². The number of methoxy groups -OCH3 is 1. The summed E-state index contributed by atoms with van der Waals surface area (Å²) in [7, 11) is 1.48. The zero-order chi connectivity index (χ0) is 15.1.